The molecule has 9 nitrogen and oxygen atoms in total. The Morgan fingerprint density at radius 2 is 1.94 bits per heavy atom. The Balaban J connectivity index is 1.33. The number of benzene rings is 2. The van der Waals surface area contributed by atoms with Crippen LogP contribution >= 0.6 is 0 Å². The number of methoxy groups -OCH3 is 1. The second-order valence-corrected chi connectivity index (χ2v) is 10.1. The minimum Gasteiger partial charge on any atom is -0.497 e. The molecule has 0 spiro atoms. The highest BCUT2D eigenvalue weighted by Crippen LogP contribution is 2.25. The van der Waals surface area contributed by atoms with Crippen LogP contribution in [0.4, 0.5) is 0 Å². The smallest absolute Gasteiger partial charge is 0.241 e. The van der Waals surface area contributed by atoms with E-state index in [2.05, 4.69) is 15.0 Å². The average molecular weight is 487 g/mol. The number of hydrogen-bond acceptors (Lipinski definition) is 7. The van der Waals surface area contributed by atoms with Crippen molar-refractivity contribution in [2.75, 3.05) is 13.7 Å². The maximum atomic E-state index is 12.9. The van der Waals surface area contributed by atoms with E-state index < -0.39 is 22.2 Å². The van der Waals surface area contributed by atoms with Gasteiger partial charge in [0.05, 0.1) is 43.1 Å². The Kier molecular flexibility index (Phi) is 7.62. The lowest BCUT2D eigenvalue weighted by molar-refractivity contribution is -0.0891. The Morgan fingerprint density at radius 3 is 2.65 bits per heavy atom. The van der Waals surface area contributed by atoms with Gasteiger partial charge in [-0.2, -0.15) is 0 Å². The van der Waals surface area contributed by atoms with E-state index in [9.17, 15) is 13.5 Å². The first-order valence-electron chi connectivity index (χ1n) is 11.3. The molecule has 0 bridgehead atoms. The molecule has 2 N–H and O–H groups in total. The molecule has 1 aliphatic heterocycles. The van der Waals surface area contributed by atoms with Gasteiger partial charge in [0.15, 0.2) is 0 Å². The summed E-state index contributed by atoms with van der Waals surface area (Å²) in [5.74, 6) is 0.781. The van der Waals surface area contributed by atoms with Gasteiger partial charge >= 0.3 is 0 Å². The van der Waals surface area contributed by atoms with Crippen molar-refractivity contribution >= 4 is 10.0 Å². The molecule has 4 rings (SSSR count). The molecule has 34 heavy (non-hydrogen) atoms. The fourth-order valence-electron chi connectivity index (χ4n) is 4.18. The normalized spacial score (nSPS) is 20.9. The molecular weight excluding hydrogens is 456 g/mol. The quantitative estimate of drug-likeness (QED) is 0.478. The monoisotopic (exact) mass is 486 g/mol. The van der Waals surface area contributed by atoms with Crippen molar-refractivity contribution in [3.05, 3.63) is 60.3 Å². The molecule has 1 fully saturated rings. The number of sulfonamides is 1. The minimum absolute atomic E-state index is 0.106. The van der Waals surface area contributed by atoms with Crippen molar-refractivity contribution < 1.29 is 23.0 Å². The molecule has 1 saturated heterocycles. The molecule has 182 valence electrons. The number of aliphatic hydroxyl groups excluding tert-OH is 1. The van der Waals surface area contributed by atoms with Gasteiger partial charge < -0.3 is 14.6 Å². The number of hydrogen-bond donors (Lipinski definition) is 2. The van der Waals surface area contributed by atoms with E-state index in [0.29, 0.717) is 31.4 Å². The predicted molar refractivity (Wildman–Crippen MR) is 127 cm³/mol. The van der Waals surface area contributed by atoms with Crippen molar-refractivity contribution in [1.29, 1.82) is 0 Å². The number of aromatic nitrogens is 3. The van der Waals surface area contributed by atoms with Crippen LogP contribution in [0.3, 0.4) is 0 Å². The fourth-order valence-corrected chi connectivity index (χ4v) is 5.72. The van der Waals surface area contributed by atoms with Crippen LogP contribution in [0.1, 0.15) is 24.8 Å². The highest BCUT2D eigenvalue weighted by atomic mass is 32.2. The molecule has 0 saturated carbocycles. The molecular formula is C24H30N4O5S. The van der Waals surface area contributed by atoms with E-state index in [0.717, 1.165) is 17.0 Å². The van der Waals surface area contributed by atoms with Crippen LogP contribution in [-0.2, 0) is 21.3 Å². The largest absolute Gasteiger partial charge is 0.497 e. The zero-order chi connectivity index (χ0) is 24.1. The number of ether oxygens (including phenoxy) is 2. The van der Waals surface area contributed by atoms with Crippen molar-refractivity contribution in [3.63, 3.8) is 0 Å². The molecule has 10 heteroatoms. The van der Waals surface area contributed by atoms with Gasteiger partial charge in [0.1, 0.15) is 11.4 Å². The van der Waals surface area contributed by atoms with E-state index in [1.54, 1.807) is 43.0 Å². The van der Waals surface area contributed by atoms with Crippen LogP contribution in [-0.4, -0.2) is 60.5 Å². The van der Waals surface area contributed by atoms with Crippen LogP contribution in [0.5, 0.6) is 5.75 Å². The Labute approximate surface area is 199 Å². The summed E-state index contributed by atoms with van der Waals surface area (Å²) in [6.07, 6.45) is 3.10. The summed E-state index contributed by atoms with van der Waals surface area (Å²) < 4.78 is 41.4. The minimum atomic E-state index is -3.71. The van der Waals surface area contributed by atoms with Gasteiger partial charge in [0, 0.05) is 12.1 Å². The van der Waals surface area contributed by atoms with Crippen LogP contribution in [0.15, 0.2) is 59.6 Å². The van der Waals surface area contributed by atoms with E-state index in [-0.39, 0.29) is 17.6 Å². The molecule has 0 unspecified atom stereocenters. The summed E-state index contributed by atoms with van der Waals surface area (Å²) in [6, 6.07) is 14.0. The highest BCUT2D eigenvalue weighted by molar-refractivity contribution is 7.89. The van der Waals surface area contributed by atoms with E-state index in [1.807, 2.05) is 30.5 Å². The maximum absolute atomic E-state index is 12.9. The third-order valence-electron chi connectivity index (χ3n) is 6.09. The zero-order valence-electron chi connectivity index (χ0n) is 19.3. The van der Waals surface area contributed by atoms with Crippen molar-refractivity contribution in [3.8, 4) is 17.0 Å². The molecule has 0 aliphatic carbocycles. The number of aryl methyl sites for hydroxylation is 2. The SMILES string of the molecule is COc1ccc(-c2cn(CC[C@H]3CC[C@H](NS(=O)(=O)c4ccccc4C)[C@@H](CO)O3)nn2)cc1. The van der Waals surface area contributed by atoms with Crippen molar-refractivity contribution in [1.82, 2.24) is 19.7 Å². The molecule has 2 heterocycles. The molecule has 1 aromatic heterocycles. The Hall–Kier alpha value is -2.79. The van der Waals surface area contributed by atoms with Gasteiger partial charge in [-0.1, -0.05) is 23.4 Å². The van der Waals surface area contributed by atoms with Crippen LogP contribution in [0, 0.1) is 6.92 Å². The lowest BCUT2D eigenvalue weighted by Gasteiger charge is -2.36. The van der Waals surface area contributed by atoms with Gasteiger partial charge in [-0.25, -0.2) is 13.1 Å². The first-order valence-corrected chi connectivity index (χ1v) is 12.8. The lowest BCUT2D eigenvalue weighted by atomic mass is 9.98. The van der Waals surface area contributed by atoms with Gasteiger partial charge in [-0.15, -0.1) is 5.10 Å². The maximum Gasteiger partial charge on any atom is 0.241 e. The van der Waals surface area contributed by atoms with Gasteiger partial charge in [0.25, 0.3) is 0 Å². The van der Waals surface area contributed by atoms with Crippen molar-refractivity contribution in [2.45, 2.75) is 55.9 Å². The van der Waals surface area contributed by atoms with Gasteiger partial charge in [-0.05, 0) is 62.1 Å². The third-order valence-corrected chi connectivity index (χ3v) is 7.74. The van der Waals surface area contributed by atoms with Crippen LogP contribution < -0.4 is 9.46 Å². The van der Waals surface area contributed by atoms with E-state index in [4.69, 9.17) is 9.47 Å². The number of nitrogens with one attached hydrogen (secondary N) is 1. The van der Waals surface area contributed by atoms with Gasteiger partial charge in [-0.3, -0.25) is 4.68 Å². The first-order chi connectivity index (χ1) is 16.4. The number of aliphatic hydroxyl groups is 1. The van der Waals surface area contributed by atoms with Gasteiger partial charge in [0.2, 0.25) is 10.0 Å². The summed E-state index contributed by atoms with van der Waals surface area (Å²) in [7, 11) is -2.08. The summed E-state index contributed by atoms with van der Waals surface area (Å²) in [5, 5.41) is 18.3. The zero-order valence-corrected chi connectivity index (χ0v) is 20.1. The van der Waals surface area contributed by atoms with Crippen LogP contribution in [0.25, 0.3) is 11.3 Å². The summed E-state index contributed by atoms with van der Waals surface area (Å²) in [5.41, 5.74) is 2.39. The molecule has 0 radical (unpaired) electrons. The standard InChI is InChI=1S/C24H30N4O5S/c1-17-5-3-4-6-24(17)34(30,31)26-21-12-11-20(33-23(21)16-29)13-14-28-15-22(25-27-28)18-7-9-19(32-2)10-8-18/h3-10,15,20-21,23,26,29H,11-14,16H2,1-2H3/t20-,21+,23-/m1/s1. The number of nitrogens with zero attached hydrogens (tertiary/aromatic N) is 3. The lowest BCUT2D eigenvalue weighted by Crippen LogP contribution is -2.51. The topological polar surface area (TPSA) is 116 Å². The second kappa shape index (κ2) is 10.6. The van der Waals surface area contributed by atoms with Crippen molar-refractivity contribution in [2.24, 2.45) is 0 Å². The highest BCUT2D eigenvalue weighted by Gasteiger charge is 2.34. The van der Waals surface area contributed by atoms with E-state index in [1.165, 1.54) is 0 Å². The Morgan fingerprint density at radius 1 is 1.18 bits per heavy atom. The predicted octanol–water partition coefficient (Wildman–Crippen LogP) is 2.54. The second-order valence-electron chi connectivity index (χ2n) is 8.43. The molecule has 3 atom stereocenters. The van der Waals surface area contributed by atoms with E-state index >= 15 is 0 Å². The third kappa shape index (κ3) is 5.64. The molecule has 3 aromatic rings. The average Bonchev–Trinajstić information content (AvgIpc) is 3.32. The van der Waals surface area contributed by atoms with Crippen LogP contribution in [0.2, 0.25) is 0 Å². The summed E-state index contributed by atoms with van der Waals surface area (Å²) >= 11 is 0. The number of rotatable bonds is 9. The fraction of sp³-hybridized carbons (Fsp3) is 0.417. The Bertz CT molecular complexity index is 1200. The molecule has 0 amide bonds. The first kappa shape index (κ1) is 24.3. The summed E-state index contributed by atoms with van der Waals surface area (Å²) in [4.78, 5) is 0.243. The summed E-state index contributed by atoms with van der Waals surface area (Å²) in [6.45, 7) is 2.10. The molecule has 1 aliphatic rings. The molecule has 2 aromatic carbocycles.